The van der Waals surface area contributed by atoms with E-state index in [1.807, 2.05) is 18.3 Å². The van der Waals surface area contributed by atoms with Crippen LogP contribution in [0.3, 0.4) is 0 Å². The van der Waals surface area contributed by atoms with Crippen LogP contribution in [0.4, 0.5) is 0 Å². The maximum atomic E-state index is 5.39. The highest BCUT2D eigenvalue weighted by molar-refractivity contribution is 5.59. The number of ether oxygens (including phenoxy) is 1. The molecule has 1 unspecified atom stereocenters. The molecule has 4 nitrogen and oxygen atoms in total. The lowest BCUT2D eigenvalue weighted by atomic mass is 10.0. The van der Waals surface area contributed by atoms with Crippen LogP contribution in [0.2, 0.25) is 0 Å². The van der Waals surface area contributed by atoms with Gasteiger partial charge in [0.2, 0.25) is 0 Å². The van der Waals surface area contributed by atoms with Crippen LogP contribution in [0.1, 0.15) is 26.1 Å². The topological polar surface area (TPSA) is 29.8 Å². The van der Waals surface area contributed by atoms with Crippen LogP contribution in [0.25, 0.3) is 5.52 Å². The van der Waals surface area contributed by atoms with Gasteiger partial charge in [0.15, 0.2) is 0 Å². The van der Waals surface area contributed by atoms with E-state index >= 15 is 0 Å². The maximum absolute atomic E-state index is 5.39. The molecule has 20 heavy (non-hydrogen) atoms. The summed E-state index contributed by atoms with van der Waals surface area (Å²) in [6.07, 6.45) is 6.32. The summed E-state index contributed by atoms with van der Waals surface area (Å²) in [4.78, 5) is 7.16. The number of aromatic nitrogens is 2. The smallest absolute Gasteiger partial charge is 0.144 e. The molecule has 0 aromatic carbocycles. The molecule has 3 heterocycles. The minimum Gasteiger partial charge on any atom is -0.494 e. The molecule has 0 aliphatic carbocycles. The van der Waals surface area contributed by atoms with Crippen LogP contribution in [0.5, 0.6) is 5.75 Å². The standard InChI is InChI=1S/C16H23N3O/c1-12(2)18-8-6-13(11-18)9-16-17-10-14-15(20-3)5-4-7-19(14)16/h4-5,7,10,12-13H,6,8-9,11H2,1-3H3. The van der Waals surface area contributed by atoms with Gasteiger partial charge in [0, 0.05) is 25.2 Å². The van der Waals surface area contributed by atoms with Gasteiger partial charge in [-0.05, 0) is 44.9 Å². The highest BCUT2D eigenvalue weighted by Crippen LogP contribution is 2.25. The third-order valence-electron chi connectivity index (χ3n) is 4.35. The Bertz CT molecular complexity index is 590. The fourth-order valence-corrected chi connectivity index (χ4v) is 3.13. The summed E-state index contributed by atoms with van der Waals surface area (Å²) in [6.45, 7) is 6.96. The highest BCUT2D eigenvalue weighted by Gasteiger charge is 2.25. The number of methoxy groups -OCH3 is 1. The van der Waals surface area contributed by atoms with Crippen LogP contribution in [-0.2, 0) is 6.42 Å². The second-order valence-corrected chi connectivity index (χ2v) is 5.95. The normalized spacial score (nSPS) is 20.1. The van der Waals surface area contributed by atoms with Crippen LogP contribution in [0, 0.1) is 5.92 Å². The first-order chi connectivity index (χ1) is 9.69. The number of pyridine rings is 1. The summed E-state index contributed by atoms with van der Waals surface area (Å²) in [5.41, 5.74) is 1.06. The van der Waals surface area contributed by atoms with Gasteiger partial charge in [-0.2, -0.15) is 0 Å². The van der Waals surface area contributed by atoms with Gasteiger partial charge in [0.25, 0.3) is 0 Å². The zero-order valence-electron chi connectivity index (χ0n) is 12.5. The monoisotopic (exact) mass is 273 g/mol. The molecule has 0 saturated carbocycles. The first kappa shape index (κ1) is 13.4. The molecule has 0 N–H and O–H groups in total. The van der Waals surface area contributed by atoms with Crippen molar-refractivity contribution in [3.63, 3.8) is 0 Å². The van der Waals surface area contributed by atoms with Gasteiger partial charge in [-0.1, -0.05) is 0 Å². The minimum absolute atomic E-state index is 0.650. The van der Waals surface area contributed by atoms with E-state index in [4.69, 9.17) is 4.74 Å². The molecule has 1 aliphatic heterocycles. The summed E-state index contributed by atoms with van der Waals surface area (Å²) >= 11 is 0. The van der Waals surface area contributed by atoms with Crippen molar-refractivity contribution in [1.29, 1.82) is 0 Å². The number of rotatable bonds is 4. The van der Waals surface area contributed by atoms with Crippen LogP contribution >= 0.6 is 0 Å². The number of hydrogen-bond acceptors (Lipinski definition) is 3. The van der Waals surface area contributed by atoms with Crippen molar-refractivity contribution in [1.82, 2.24) is 14.3 Å². The predicted molar refractivity (Wildman–Crippen MR) is 80.3 cm³/mol. The van der Waals surface area contributed by atoms with Crippen molar-refractivity contribution in [2.45, 2.75) is 32.7 Å². The molecule has 0 radical (unpaired) electrons. The number of fused-ring (bicyclic) bond motifs is 1. The van der Waals surface area contributed by atoms with Crippen molar-refractivity contribution in [2.75, 3.05) is 20.2 Å². The number of nitrogens with zero attached hydrogens (tertiary/aromatic N) is 3. The molecule has 1 aliphatic rings. The SMILES string of the molecule is COc1cccn2c(CC3CCN(C(C)C)C3)ncc12. The lowest BCUT2D eigenvalue weighted by Crippen LogP contribution is -2.28. The summed E-state index contributed by atoms with van der Waals surface area (Å²) in [5.74, 6) is 2.75. The van der Waals surface area contributed by atoms with Gasteiger partial charge in [0.1, 0.15) is 17.1 Å². The molecule has 1 fully saturated rings. The third-order valence-corrected chi connectivity index (χ3v) is 4.35. The molecule has 4 heteroatoms. The van der Waals surface area contributed by atoms with Crippen molar-refractivity contribution in [3.05, 3.63) is 30.4 Å². The molecule has 0 spiro atoms. The predicted octanol–water partition coefficient (Wildman–Crippen LogP) is 2.62. The average Bonchev–Trinajstić information content (AvgIpc) is 3.06. The van der Waals surface area contributed by atoms with Gasteiger partial charge in [-0.25, -0.2) is 4.98 Å². The molecule has 2 aromatic heterocycles. The van der Waals surface area contributed by atoms with E-state index in [0.717, 1.165) is 23.5 Å². The van der Waals surface area contributed by atoms with E-state index in [1.54, 1.807) is 7.11 Å². The van der Waals surface area contributed by atoms with Crippen molar-refractivity contribution < 1.29 is 4.74 Å². The number of likely N-dealkylation sites (tertiary alicyclic amines) is 1. The molecular formula is C16H23N3O. The van der Waals surface area contributed by atoms with Gasteiger partial charge in [-0.3, -0.25) is 0 Å². The van der Waals surface area contributed by atoms with Gasteiger partial charge in [-0.15, -0.1) is 0 Å². The Labute approximate surface area is 120 Å². The van der Waals surface area contributed by atoms with Crippen LogP contribution < -0.4 is 4.74 Å². The fourth-order valence-electron chi connectivity index (χ4n) is 3.13. The summed E-state index contributed by atoms with van der Waals surface area (Å²) < 4.78 is 7.55. The van der Waals surface area contributed by atoms with Crippen LogP contribution in [-0.4, -0.2) is 40.5 Å². The fraction of sp³-hybridized carbons (Fsp3) is 0.562. The lowest BCUT2D eigenvalue weighted by molar-refractivity contribution is 0.264. The largest absolute Gasteiger partial charge is 0.494 e. The summed E-state index contributed by atoms with van der Waals surface area (Å²) in [5, 5.41) is 0. The highest BCUT2D eigenvalue weighted by atomic mass is 16.5. The Kier molecular flexibility index (Phi) is 3.66. The molecule has 1 saturated heterocycles. The Morgan fingerprint density at radius 3 is 3.00 bits per heavy atom. The van der Waals surface area contributed by atoms with E-state index in [9.17, 15) is 0 Å². The van der Waals surface area contributed by atoms with Crippen molar-refractivity contribution in [2.24, 2.45) is 5.92 Å². The van der Waals surface area contributed by atoms with Gasteiger partial charge < -0.3 is 14.0 Å². The van der Waals surface area contributed by atoms with Crippen molar-refractivity contribution in [3.8, 4) is 5.75 Å². The zero-order valence-corrected chi connectivity index (χ0v) is 12.5. The van der Waals surface area contributed by atoms with Gasteiger partial charge >= 0.3 is 0 Å². The second-order valence-electron chi connectivity index (χ2n) is 5.95. The third kappa shape index (κ3) is 2.40. The second kappa shape index (κ2) is 5.44. The van der Waals surface area contributed by atoms with E-state index in [-0.39, 0.29) is 0 Å². The number of imidazole rings is 1. The summed E-state index contributed by atoms with van der Waals surface area (Å²) in [7, 11) is 1.71. The Hall–Kier alpha value is -1.55. The maximum Gasteiger partial charge on any atom is 0.144 e. The van der Waals surface area contributed by atoms with Gasteiger partial charge in [0.05, 0.1) is 13.3 Å². The minimum atomic E-state index is 0.650. The van der Waals surface area contributed by atoms with E-state index in [0.29, 0.717) is 12.0 Å². The Morgan fingerprint density at radius 1 is 1.45 bits per heavy atom. The molecule has 0 bridgehead atoms. The lowest BCUT2D eigenvalue weighted by Gasteiger charge is -2.20. The quantitative estimate of drug-likeness (QED) is 0.857. The first-order valence-corrected chi connectivity index (χ1v) is 7.42. The van der Waals surface area contributed by atoms with Crippen molar-refractivity contribution >= 4 is 5.52 Å². The average molecular weight is 273 g/mol. The zero-order chi connectivity index (χ0) is 14.1. The van der Waals surface area contributed by atoms with E-state index in [1.165, 1.54) is 19.5 Å². The molecule has 108 valence electrons. The van der Waals surface area contributed by atoms with E-state index < -0.39 is 0 Å². The molecule has 0 amide bonds. The van der Waals surface area contributed by atoms with E-state index in [2.05, 4.69) is 34.3 Å². The first-order valence-electron chi connectivity index (χ1n) is 7.42. The number of hydrogen-bond donors (Lipinski definition) is 0. The molecular weight excluding hydrogens is 250 g/mol. The summed E-state index contributed by atoms with van der Waals surface area (Å²) in [6, 6.07) is 4.65. The molecule has 2 aromatic rings. The molecule has 3 rings (SSSR count). The molecule has 1 atom stereocenters. The Balaban J connectivity index is 1.79. The van der Waals surface area contributed by atoms with Crippen LogP contribution in [0.15, 0.2) is 24.5 Å². The Morgan fingerprint density at radius 2 is 2.30 bits per heavy atom.